The lowest BCUT2D eigenvalue weighted by atomic mass is 10.1. The second-order valence-corrected chi connectivity index (χ2v) is 7.60. The molecule has 0 aliphatic heterocycles. The molecular weight excluding hydrogens is 412 g/mol. The number of aromatic nitrogens is 4. The van der Waals surface area contributed by atoms with Gasteiger partial charge in [0.05, 0.1) is 6.61 Å². The van der Waals surface area contributed by atoms with Gasteiger partial charge in [0.25, 0.3) is 0 Å². The van der Waals surface area contributed by atoms with Crippen molar-refractivity contribution >= 4 is 34.3 Å². The first-order valence-electron chi connectivity index (χ1n) is 8.93. The molecule has 0 amide bonds. The highest BCUT2D eigenvalue weighted by Crippen LogP contribution is 2.31. The average molecular weight is 429 g/mol. The van der Waals surface area contributed by atoms with Crippen molar-refractivity contribution in [1.29, 1.82) is 0 Å². The number of halogens is 1. The van der Waals surface area contributed by atoms with E-state index in [9.17, 15) is 4.79 Å². The van der Waals surface area contributed by atoms with Gasteiger partial charge in [0.1, 0.15) is 17.0 Å². The molecule has 148 valence electrons. The molecule has 0 aliphatic carbocycles. The third kappa shape index (κ3) is 3.99. The molecule has 4 aromatic rings. The van der Waals surface area contributed by atoms with Gasteiger partial charge in [0.15, 0.2) is 0 Å². The zero-order valence-electron chi connectivity index (χ0n) is 15.8. The maximum absolute atomic E-state index is 12.0. The SMILES string of the molecule is CCOc1ccccc1-n1nnnc1SCc1cc(=O)oc2cc(C)c(Cl)cc12. The lowest BCUT2D eigenvalue weighted by molar-refractivity contribution is 0.337. The van der Waals surface area contributed by atoms with Crippen LogP contribution < -0.4 is 10.4 Å². The highest BCUT2D eigenvalue weighted by molar-refractivity contribution is 7.98. The summed E-state index contributed by atoms with van der Waals surface area (Å²) in [7, 11) is 0. The summed E-state index contributed by atoms with van der Waals surface area (Å²) in [6.45, 7) is 4.33. The Balaban J connectivity index is 1.68. The molecule has 2 aromatic heterocycles. The number of thioether (sulfide) groups is 1. The number of aryl methyl sites for hydroxylation is 1. The molecule has 0 saturated heterocycles. The van der Waals surface area contributed by atoms with Crippen molar-refractivity contribution in [2.45, 2.75) is 24.8 Å². The van der Waals surface area contributed by atoms with Crippen molar-refractivity contribution in [2.75, 3.05) is 6.61 Å². The smallest absolute Gasteiger partial charge is 0.336 e. The fraction of sp³-hybridized carbons (Fsp3) is 0.200. The molecule has 0 fully saturated rings. The molecule has 7 nitrogen and oxygen atoms in total. The molecular formula is C20H17ClN4O3S. The largest absolute Gasteiger partial charge is 0.492 e. The zero-order valence-corrected chi connectivity index (χ0v) is 17.3. The van der Waals surface area contributed by atoms with Crippen molar-refractivity contribution in [3.8, 4) is 11.4 Å². The molecule has 2 aromatic carbocycles. The van der Waals surface area contributed by atoms with Crippen molar-refractivity contribution in [2.24, 2.45) is 0 Å². The highest BCUT2D eigenvalue weighted by atomic mass is 35.5. The Morgan fingerprint density at radius 3 is 2.90 bits per heavy atom. The van der Waals surface area contributed by atoms with Crippen LogP contribution in [-0.2, 0) is 5.75 Å². The molecule has 2 heterocycles. The molecule has 0 radical (unpaired) electrons. The fourth-order valence-electron chi connectivity index (χ4n) is 2.94. The van der Waals surface area contributed by atoms with Crippen LogP contribution in [0.2, 0.25) is 5.02 Å². The predicted molar refractivity (Wildman–Crippen MR) is 112 cm³/mol. The van der Waals surface area contributed by atoms with Crippen LogP contribution in [0, 0.1) is 6.92 Å². The third-order valence-electron chi connectivity index (χ3n) is 4.30. The van der Waals surface area contributed by atoms with Gasteiger partial charge in [-0.25, -0.2) is 4.79 Å². The summed E-state index contributed by atoms with van der Waals surface area (Å²) in [4.78, 5) is 12.0. The van der Waals surface area contributed by atoms with Crippen LogP contribution in [0.5, 0.6) is 5.75 Å². The summed E-state index contributed by atoms with van der Waals surface area (Å²) in [5.74, 6) is 1.16. The topological polar surface area (TPSA) is 83.0 Å². The summed E-state index contributed by atoms with van der Waals surface area (Å²) in [6, 6.07) is 12.6. The van der Waals surface area contributed by atoms with Crippen LogP contribution >= 0.6 is 23.4 Å². The van der Waals surface area contributed by atoms with E-state index in [1.165, 1.54) is 17.8 Å². The minimum absolute atomic E-state index is 0.406. The van der Waals surface area contributed by atoms with Gasteiger partial charge < -0.3 is 9.15 Å². The van der Waals surface area contributed by atoms with Gasteiger partial charge in [0.2, 0.25) is 5.16 Å². The van der Waals surface area contributed by atoms with E-state index in [4.69, 9.17) is 20.8 Å². The number of hydrogen-bond donors (Lipinski definition) is 0. The third-order valence-corrected chi connectivity index (χ3v) is 5.68. The fourth-order valence-corrected chi connectivity index (χ4v) is 3.98. The van der Waals surface area contributed by atoms with Crippen molar-refractivity contribution in [1.82, 2.24) is 20.2 Å². The Labute approximate surface area is 175 Å². The number of rotatable bonds is 6. The first-order chi connectivity index (χ1) is 14.1. The van der Waals surface area contributed by atoms with Crippen LogP contribution in [0.3, 0.4) is 0 Å². The molecule has 0 aliphatic rings. The van der Waals surface area contributed by atoms with E-state index >= 15 is 0 Å². The van der Waals surface area contributed by atoms with Gasteiger partial charge in [-0.1, -0.05) is 35.5 Å². The van der Waals surface area contributed by atoms with Gasteiger partial charge in [-0.2, -0.15) is 4.68 Å². The minimum Gasteiger partial charge on any atom is -0.492 e. The van der Waals surface area contributed by atoms with Gasteiger partial charge >= 0.3 is 5.63 Å². The number of benzene rings is 2. The van der Waals surface area contributed by atoms with Crippen LogP contribution in [0.25, 0.3) is 16.7 Å². The number of fused-ring (bicyclic) bond motifs is 1. The second-order valence-electron chi connectivity index (χ2n) is 6.25. The van der Waals surface area contributed by atoms with Crippen LogP contribution in [0.1, 0.15) is 18.1 Å². The number of hydrogen-bond acceptors (Lipinski definition) is 7. The predicted octanol–water partition coefficient (Wildman–Crippen LogP) is 4.42. The number of tetrazole rings is 1. The molecule has 0 N–H and O–H groups in total. The number of para-hydroxylation sites is 2. The Hall–Kier alpha value is -2.84. The van der Waals surface area contributed by atoms with Gasteiger partial charge in [-0.3, -0.25) is 0 Å². The highest BCUT2D eigenvalue weighted by Gasteiger charge is 2.15. The molecule has 4 rings (SSSR count). The monoisotopic (exact) mass is 428 g/mol. The molecule has 0 saturated carbocycles. The summed E-state index contributed by atoms with van der Waals surface area (Å²) < 4.78 is 12.6. The minimum atomic E-state index is -0.406. The summed E-state index contributed by atoms with van der Waals surface area (Å²) >= 11 is 7.68. The summed E-state index contributed by atoms with van der Waals surface area (Å²) in [5, 5.41) is 14.0. The molecule has 0 spiro atoms. The van der Waals surface area contributed by atoms with Gasteiger partial charge in [0, 0.05) is 22.2 Å². The van der Waals surface area contributed by atoms with E-state index in [0.717, 1.165) is 22.2 Å². The number of ether oxygens (including phenoxy) is 1. The lowest BCUT2D eigenvalue weighted by Gasteiger charge is -2.11. The Morgan fingerprint density at radius 2 is 2.07 bits per heavy atom. The van der Waals surface area contributed by atoms with E-state index < -0.39 is 5.63 Å². The molecule has 9 heteroatoms. The maximum atomic E-state index is 12.0. The Morgan fingerprint density at radius 1 is 1.24 bits per heavy atom. The Kier molecular flexibility index (Phi) is 5.55. The average Bonchev–Trinajstić information content (AvgIpc) is 3.16. The van der Waals surface area contributed by atoms with Crippen molar-refractivity contribution < 1.29 is 9.15 Å². The Bertz CT molecular complexity index is 1240. The second kappa shape index (κ2) is 8.26. The van der Waals surface area contributed by atoms with Crippen LogP contribution in [0.4, 0.5) is 0 Å². The van der Waals surface area contributed by atoms with E-state index in [2.05, 4.69) is 15.5 Å². The summed E-state index contributed by atoms with van der Waals surface area (Å²) in [6.07, 6.45) is 0. The van der Waals surface area contributed by atoms with E-state index in [-0.39, 0.29) is 0 Å². The van der Waals surface area contributed by atoms with Gasteiger partial charge in [-0.05, 0) is 59.7 Å². The van der Waals surface area contributed by atoms with Gasteiger partial charge in [-0.15, -0.1) is 5.10 Å². The summed E-state index contributed by atoms with van der Waals surface area (Å²) in [5.41, 5.74) is 2.50. The number of nitrogens with zero attached hydrogens (tertiary/aromatic N) is 4. The van der Waals surface area contributed by atoms with E-state index in [1.54, 1.807) is 10.7 Å². The quantitative estimate of drug-likeness (QED) is 0.332. The van der Waals surface area contributed by atoms with E-state index in [0.29, 0.717) is 33.9 Å². The van der Waals surface area contributed by atoms with Crippen molar-refractivity contribution in [3.63, 3.8) is 0 Å². The van der Waals surface area contributed by atoms with Crippen LogP contribution in [0.15, 0.2) is 56.8 Å². The molecule has 0 atom stereocenters. The molecule has 29 heavy (non-hydrogen) atoms. The van der Waals surface area contributed by atoms with E-state index in [1.807, 2.05) is 44.2 Å². The normalized spacial score (nSPS) is 11.1. The first-order valence-corrected chi connectivity index (χ1v) is 10.3. The van der Waals surface area contributed by atoms with Crippen LogP contribution in [-0.4, -0.2) is 26.8 Å². The molecule has 0 bridgehead atoms. The lowest BCUT2D eigenvalue weighted by Crippen LogP contribution is -2.04. The standard InChI is InChI=1S/C20H17ClN4O3S/c1-3-27-17-7-5-4-6-16(17)25-20(22-23-24-25)29-11-13-9-19(26)28-18-8-12(2)15(21)10-14(13)18/h4-10H,3,11H2,1-2H3. The zero-order chi connectivity index (χ0) is 20.4. The molecule has 0 unspecified atom stereocenters. The van der Waals surface area contributed by atoms with Crippen molar-refractivity contribution in [3.05, 3.63) is 69.0 Å². The maximum Gasteiger partial charge on any atom is 0.336 e. The first kappa shape index (κ1) is 19.5.